The van der Waals surface area contributed by atoms with Crippen LogP contribution in [-0.2, 0) is 14.3 Å². The van der Waals surface area contributed by atoms with E-state index in [1.807, 2.05) is 52.0 Å². The van der Waals surface area contributed by atoms with Gasteiger partial charge in [0.25, 0.3) is 0 Å². The molecule has 0 aliphatic rings. The molecule has 7 heteroatoms. The highest BCUT2D eigenvalue weighted by molar-refractivity contribution is 5.90. The third-order valence-corrected chi connectivity index (χ3v) is 4.20. The van der Waals surface area contributed by atoms with Crippen molar-refractivity contribution >= 4 is 17.9 Å². The van der Waals surface area contributed by atoms with E-state index in [1.165, 1.54) is 0 Å². The summed E-state index contributed by atoms with van der Waals surface area (Å²) in [6.07, 6.45) is 0.954. The summed E-state index contributed by atoms with van der Waals surface area (Å²) in [7, 11) is 0. The minimum atomic E-state index is -0.771. The minimum Gasteiger partial charge on any atom is -0.444 e. The number of nitrogens with one attached hydrogen (secondary N) is 2. The number of rotatable bonds is 9. The maximum Gasteiger partial charge on any atom is 0.408 e. The van der Waals surface area contributed by atoms with Crippen molar-refractivity contribution in [1.29, 1.82) is 0 Å². The van der Waals surface area contributed by atoms with Crippen LogP contribution in [-0.4, -0.2) is 47.5 Å². The van der Waals surface area contributed by atoms with Gasteiger partial charge < -0.3 is 20.3 Å². The number of nitrogens with zero attached hydrogens (tertiary/aromatic N) is 1. The molecule has 0 bridgehead atoms. The van der Waals surface area contributed by atoms with Crippen molar-refractivity contribution < 1.29 is 19.1 Å². The van der Waals surface area contributed by atoms with Gasteiger partial charge in [0.05, 0.1) is 0 Å². The maximum absolute atomic E-state index is 13.1. The molecule has 0 heterocycles. The fraction of sp³-hybridized carbons (Fsp3) is 0.609. The van der Waals surface area contributed by atoms with Gasteiger partial charge in [0.1, 0.15) is 18.2 Å². The van der Waals surface area contributed by atoms with E-state index in [9.17, 15) is 14.4 Å². The Hall–Kier alpha value is -2.57. The molecular formula is C23H37N3O4. The number of ether oxygens (including phenoxy) is 1. The van der Waals surface area contributed by atoms with Crippen LogP contribution >= 0.6 is 0 Å². The van der Waals surface area contributed by atoms with Crippen molar-refractivity contribution in [2.45, 2.75) is 79.0 Å². The number of carbonyl (C=O) groups is 3. The molecule has 0 saturated heterocycles. The van der Waals surface area contributed by atoms with Gasteiger partial charge in [-0.15, -0.1) is 0 Å². The SMILES string of the molecule is CCCCN(C(=O)CNC(=O)OC(C)(C)C)C(C(=O)NC(C)C)c1cccc(C)c1. The number of unbranched alkanes of at least 4 members (excludes halogenated alkanes) is 1. The van der Waals surface area contributed by atoms with E-state index in [0.29, 0.717) is 6.54 Å². The fourth-order valence-electron chi connectivity index (χ4n) is 2.97. The first-order valence-corrected chi connectivity index (χ1v) is 10.6. The summed E-state index contributed by atoms with van der Waals surface area (Å²) in [5, 5.41) is 5.43. The topological polar surface area (TPSA) is 87.7 Å². The number of carbonyl (C=O) groups excluding carboxylic acids is 3. The van der Waals surface area contributed by atoms with Crippen LogP contribution in [0.4, 0.5) is 4.79 Å². The molecule has 0 aliphatic carbocycles. The minimum absolute atomic E-state index is 0.0622. The van der Waals surface area contributed by atoms with Gasteiger partial charge in [-0.25, -0.2) is 4.79 Å². The highest BCUT2D eigenvalue weighted by Gasteiger charge is 2.31. The van der Waals surface area contributed by atoms with Gasteiger partial charge in [-0.1, -0.05) is 43.2 Å². The molecule has 0 radical (unpaired) electrons. The van der Waals surface area contributed by atoms with Crippen molar-refractivity contribution in [3.8, 4) is 0 Å². The monoisotopic (exact) mass is 419 g/mol. The highest BCUT2D eigenvalue weighted by atomic mass is 16.6. The Morgan fingerprint density at radius 2 is 1.83 bits per heavy atom. The quantitative estimate of drug-likeness (QED) is 0.639. The van der Waals surface area contributed by atoms with E-state index in [0.717, 1.165) is 24.0 Å². The van der Waals surface area contributed by atoms with E-state index in [1.54, 1.807) is 25.7 Å². The van der Waals surface area contributed by atoms with Gasteiger partial charge in [-0.3, -0.25) is 9.59 Å². The Bertz CT molecular complexity index is 725. The maximum atomic E-state index is 13.1. The van der Waals surface area contributed by atoms with Gasteiger partial charge >= 0.3 is 6.09 Å². The van der Waals surface area contributed by atoms with Crippen LogP contribution in [0.15, 0.2) is 24.3 Å². The lowest BCUT2D eigenvalue weighted by Crippen LogP contribution is -2.49. The van der Waals surface area contributed by atoms with E-state index in [2.05, 4.69) is 10.6 Å². The average molecular weight is 420 g/mol. The van der Waals surface area contributed by atoms with Crippen LogP contribution in [0.1, 0.15) is 71.6 Å². The zero-order chi connectivity index (χ0) is 22.9. The van der Waals surface area contributed by atoms with Crippen LogP contribution in [0.3, 0.4) is 0 Å². The predicted molar refractivity (Wildman–Crippen MR) is 118 cm³/mol. The molecule has 30 heavy (non-hydrogen) atoms. The molecule has 1 atom stereocenters. The number of amides is 3. The predicted octanol–water partition coefficient (Wildman–Crippen LogP) is 3.71. The largest absolute Gasteiger partial charge is 0.444 e. The Kier molecular flexibility index (Phi) is 9.82. The Labute approximate surface area is 180 Å². The first kappa shape index (κ1) is 25.5. The first-order valence-electron chi connectivity index (χ1n) is 10.6. The molecule has 0 spiro atoms. The van der Waals surface area contributed by atoms with Crippen molar-refractivity contribution in [2.24, 2.45) is 0 Å². The molecule has 1 rings (SSSR count). The lowest BCUT2D eigenvalue weighted by atomic mass is 10.0. The second kappa shape index (κ2) is 11.6. The Balaban J connectivity index is 3.14. The summed E-state index contributed by atoms with van der Waals surface area (Å²) >= 11 is 0. The second-order valence-corrected chi connectivity index (χ2v) is 8.78. The summed E-state index contributed by atoms with van der Waals surface area (Å²) in [5.74, 6) is -0.572. The molecule has 168 valence electrons. The van der Waals surface area contributed by atoms with Crippen LogP contribution in [0.5, 0.6) is 0 Å². The average Bonchev–Trinajstić information content (AvgIpc) is 2.61. The van der Waals surface area contributed by atoms with E-state index >= 15 is 0 Å². The summed E-state index contributed by atoms with van der Waals surface area (Å²) in [4.78, 5) is 39.7. The molecule has 0 saturated carbocycles. The van der Waals surface area contributed by atoms with Crippen LogP contribution in [0, 0.1) is 6.92 Å². The smallest absolute Gasteiger partial charge is 0.408 e. The zero-order valence-corrected chi connectivity index (χ0v) is 19.4. The van der Waals surface area contributed by atoms with Gasteiger partial charge in [0.2, 0.25) is 11.8 Å². The van der Waals surface area contributed by atoms with Crippen molar-refractivity contribution in [1.82, 2.24) is 15.5 Å². The molecule has 1 unspecified atom stereocenters. The molecule has 0 aliphatic heterocycles. The lowest BCUT2D eigenvalue weighted by Gasteiger charge is -2.32. The molecule has 7 nitrogen and oxygen atoms in total. The van der Waals surface area contributed by atoms with Crippen molar-refractivity contribution in [3.63, 3.8) is 0 Å². The summed E-state index contributed by atoms with van der Waals surface area (Å²) in [5.41, 5.74) is 1.09. The van der Waals surface area contributed by atoms with Crippen LogP contribution in [0.25, 0.3) is 0 Å². The van der Waals surface area contributed by atoms with Crippen molar-refractivity contribution in [3.05, 3.63) is 35.4 Å². The molecule has 2 N–H and O–H groups in total. The first-order chi connectivity index (χ1) is 13.9. The summed E-state index contributed by atoms with van der Waals surface area (Å²) < 4.78 is 5.21. The molecular weight excluding hydrogens is 382 g/mol. The second-order valence-electron chi connectivity index (χ2n) is 8.78. The number of hydrogen-bond donors (Lipinski definition) is 2. The summed E-state index contributed by atoms with van der Waals surface area (Å²) in [6, 6.07) is 6.76. The van der Waals surface area contributed by atoms with E-state index in [-0.39, 0.29) is 24.4 Å². The Morgan fingerprint density at radius 1 is 1.17 bits per heavy atom. The molecule has 0 aromatic heterocycles. The highest BCUT2D eigenvalue weighted by Crippen LogP contribution is 2.23. The number of benzene rings is 1. The molecule has 1 aromatic rings. The number of alkyl carbamates (subject to hydrolysis) is 1. The molecule has 1 aromatic carbocycles. The van der Waals surface area contributed by atoms with Gasteiger partial charge in [0.15, 0.2) is 0 Å². The van der Waals surface area contributed by atoms with Crippen molar-refractivity contribution in [2.75, 3.05) is 13.1 Å². The van der Waals surface area contributed by atoms with Gasteiger partial charge in [-0.2, -0.15) is 0 Å². The third kappa shape index (κ3) is 8.84. The zero-order valence-electron chi connectivity index (χ0n) is 19.4. The lowest BCUT2D eigenvalue weighted by molar-refractivity contribution is -0.140. The Morgan fingerprint density at radius 3 is 2.37 bits per heavy atom. The summed E-state index contributed by atoms with van der Waals surface area (Å²) in [6.45, 7) is 13.2. The van der Waals surface area contributed by atoms with Gasteiger partial charge in [-0.05, 0) is 53.5 Å². The third-order valence-electron chi connectivity index (χ3n) is 4.20. The van der Waals surface area contributed by atoms with Crippen LogP contribution < -0.4 is 10.6 Å². The van der Waals surface area contributed by atoms with E-state index < -0.39 is 17.7 Å². The van der Waals surface area contributed by atoms with Crippen LogP contribution in [0.2, 0.25) is 0 Å². The number of aryl methyl sites for hydroxylation is 1. The normalized spacial score (nSPS) is 12.3. The molecule has 0 fully saturated rings. The fourth-order valence-corrected chi connectivity index (χ4v) is 2.97. The standard InChI is InChI=1S/C23H37N3O4/c1-8-9-13-26(19(27)15-24-22(29)30-23(5,6)7)20(21(28)25-16(2)3)18-12-10-11-17(4)14-18/h10-12,14,16,20H,8-9,13,15H2,1-7H3,(H,24,29)(H,25,28). The molecule has 3 amide bonds. The van der Waals surface area contributed by atoms with E-state index in [4.69, 9.17) is 4.74 Å². The van der Waals surface area contributed by atoms with Gasteiger partial charge in [0, 0.05) is 12.6 Å². The number of hydrogen-bond acceptors (Lipinski definition) is 4.